The van der Waals surface area contributed by atoms with E-state index in [1.54, 1.807) is 0 Å². The highest BCUT2D eigenvalue weighted by atomic mass is 19.1. The molecule has 1 rings (SSSR count). The summed E-state index contributed by atoms with van der Waals surface area (Å²) in [6.07, 6.45) is 0. The van der Waals surface area contributed by atoms with Crippen LogP contribution in [0.4, 0.5) is 8.78 Å². The van der Waals surface area contributed by atoms with Crippen molar-refractivity contribution in [2.24, 2.45) is 0 Å². The molecule has 0 aliphatic rings. The van der Waals surface area contributed by atoms with Crippen molar-refractivity contribution in [2.45, 2.75) is 6.92 Å². The first-order valence-electron chi connectivity index (χ1n) is 3.68. The van der Waals surface area contributed by atoms with Crippen LogP contribution >= 0.6 is 0 Å². The van der Waals surface area contributed by atoms with Gasteiger partial charge in [-0.15, -0.1) is 0 Å². The van der Waals surface area contributed by atoms with Crippen molar-refractivity contribution in [2.75, 3.05) is 14.2 Å². The Labute approximate surface area is 75.1 Å². The number of halogens is 2. The van der Waals surface area contributed by atoms with Crippen molar-refractivity contribution in [3.05, 3.63) is 23.3 Å². The van der Waals surface area contributed by atoms with E-state index in [1.807, 2.05) is 0 Å². The standard InChI is InChI=1S/C9H10F2O2/c1-5-4-6(12-2)8(11)9(13-3)7(5)10/h4H,1-3H3. The molecule has 0 atom stereocenters. The maximum absolute atomic E-state index is 13.2. The summed E-state index contributed by atoms with van der Waals surface area (Å²) < 4.78 is 35.7. The topological polar surface area (TPSA) is 18.5 Å². The van der Waals surface area contributed by atoms with Crippen molar-refractivity contribution < 1.29 is 18.3 Å². The summed E-state index contributed by atoms with van der Waals surface area (Å²) in [5.41, 5.74) is 0.287. The molecule has 0 unspecified atom stereocenters. The largest absolute Gasteiger partial charge is 0.494 e. The number of ether oxygens (including phenoxy) is 2. The van der Waals surface area contributed by atoms with Crippen LogP contribution in [0.3, 0.4) is 0 Å². The van der Waals surface area contributed by atoms with E-state index < -0.39 is 17.4 Å². The van der Waals surface area contributed by atoms with Gasteiger partial charge in [-0.3, -0.25) is 0 Å². The Morgan fingerprint density at radius 3 is 2.15 bits per heavy atom. The lowest BCUT2D eigenvalue weighted by atomic mass is 10.2. The molecule has 0 spiro atoms. The van der Waals surface area contributed by atoms with E-state index in [9.17, 15) is 8.78 Å². The molecule has 0 heterocycles. The maximum Gasteiger partial charge on any atom is 0.209 e. The first kappa shape index (κ1) is 9.77. The Morgan fingerprint density at radius 2 is 1.69 bits per heavy atom. The number of hydrogen-bond donors (Lipinski definition) is 0. The lowest BCUT2D eigenvalue weighted by Gasteiger charge is -2.09. The van der Waals surface area contributed by atoms with Crippen LogP contribution in [0.15, 0.2) is 6.07 Å². The Bertz CT molecular complexity index is 324. The SMILES string of the molecule is COc1cc(C)c(F)c(OC)c1F. The number of methoxy groups -OCH3 is 2. The Morgan fingerprint density at radius 1 is 1.08 bits per heavy atom. The van der Waals surface area contributed by atoms with Gasteiger partial charge in [0.2, 0.25) is 5.82 Å². The summed E-state index contributed by atoms with van der Waals surface area (Å²) in [6.45, 7) is 1.51. The van der Waals surface area contributed by atoms with Gasteiger partial charge in [-0.05, 0) is 18.6 Å². The summed E-state index contributed by atoms with van der Waals surface area (Å²) in [7, 11) is 2.52. The fourth-order valence-electron chi connectivity index (χ4n) is 1.04. The van der Waals surface area contributed by atoms with Crippen LogP contribution in [0.1, 0.15) is 5.56 Å². The van der Waals surface area contributed by atoms with Crippen molar-refractivity contribution >= 4 is 0 Å². The Balaban J connectivity index is 3.39. The normalized spacial score (nSPS) is 9.92. The summed E-state index contributed by atoms with van der Waals surface area (Å²) >= 11 is 0. The van der Waals surface area contributed by atoms with E-state index in [0.717, 1.165) is 0 Å². The van der Waals surface area contributed by atoms with Crippen LogP contribution in [0.5, 0.6) is 11.5 Å². The average Bonchev–Trinajstić information content (AvgIpc) is 2.12. The quantitative estimate of drug-likeness (QED) is 0.708. The van der Waals surface area contributed by atoms with Gasteiger partial charge in [-0.25, -0.2) is 4.39 Å². The minimum atomic E-state index is -0.812. The Hall–Kier alpha value is -1.32. The predicted molar refractivity (Wildman–Crippen MR) is 44.2 cm³/mol. The molecule has 0 saturated carbocycles. The number of aryl methyl sites for hydroxylation is 1. The number of benzene rings is 1. The first-order chi connectivity index (χ1) is 6.11. The van der Waals surface area contributed by atoms with Crippen LogP contribution in [0, 0.1) is 18.6 Å². The minimum Gasteiger partial charge on any atom is -0.494 e. The fourth-order valence-corrected chi connectivity index (χ4v) is 1.04. The molecule has 1 aromatic rings. The third kappa shape index (κ3) is 1.56. The summed E-state index contributed by atoms with van der Waals surface area (Å²) in [5.74, 6) is -1.93. The second-order valence-electron chi connectivity index (χ2n) is 2.56. The predicted octanol–water partition coefficient (Wildman–Crippen LogP) is 2.29. The van der Waals surface area contributed by atoms with Gasteiger partial charge in [0.1, 0.15) is 0 Å². The zero-order valence-corrected chi connectivity index (χ0v) is 7.65. The molecule has 13 heavy (non-hydrogen) atoms. The van der Waals surface area contributed by atoms with Crippen LogP contribution < -0.4 is 9.47 Å². The van der Waals surface area contributed by atoms with E-state index in [0.29, 0.717) is 0 Å². The highest BCUT2D eigenvalue weighted by Crippen LogP contribution is 2.31. The summed E-state index contributed by atoms with van der Waals surface area (Å²) in [5, 5.41) is 0. The Kier molecular flexibility index (Phi) is 2.70. The third-order valence-corrected chi connectivity index (χ3v) is 1.73. The molecule has 0 N–H and O–H groups in total. The second kappa shape index (κ2) is 3.60. The molecule has 0 amide bonds. The van der Waals surface area contributed by atoms with E-state index in [-0.39, 0.29) is 11.3 Å². The second-order valence-corrected chi connectivity index (χ2v) is 2.56. The molecule has 0 saturated heterocycles. The average molecular weight is 188 g/mol. The van der Waals surface area contributed by atoms with Gasteiger partial charge in [0, 0.05) is 0 Å². The molecule has 0 radical (unpaired) electrons. The van der Waals surface area contributed by atoms with Crippen molar-refractivity contribution in [1.29, 1.82) is 0 Å². The minimum absolute atomic E-state index is 0.0178. The van der Waals surface area contributed by atoms with Crippen LogP contribution in [-0.4, -0.2) is 14.2 Å². The maximum atomic E-state index is 13.2. The van der Waals surface area contributed by atoms with Gasteiger partial charge in [0.05, 0.1) is 14.2 Å². The van der Waals surface area contributed by atoms with Gasteiger partial charge in [0.15, 0.2) is 17.3 Å². The zero-order chi connectivity index (χ0) is 10.0. The van der Waals surface area contributed by atoms with Crippen LogP contribution in [-0.2, 0) is 0 Å². The monoisotopic (exact) mass is 188 g/mol. The molecule has 2 nitrogen and oxygen atoms in total. The molecule has 0 aromatic heterocycles. The van der Waals surface area contributed by atoms with Gasteiger partial charge in [-0.1, -0.05) is 0 Å². The number of hydrogen-bond acceptors (Lipinski definition) is 2. The van der Waals surface area contributed by atoms with Crippen LogP contribution in [0.2, 0.25) is 0 Å². The molecule has 0 aliphatic heterocycles. The van der Waals surface area contributed by atoms with Crippen molar-refractivity contribution in [1.82, 2.24) is 0 Å². The van der Waals surface area contributed by atoms with E-state index in [4.69, 9.17) is 4.74 Å². The zero-order valence-electron chi connectivity index (χ0n) is 7.65. The van der Waals surface area contributed by atoms with Crippen molar-refractivity contribution in [3.63, 3.8) is 0 Å². The van der Waals surface area contributed by atoms with E-state index in [2.05, 4.69) is 4.74 Å². The fraction of sp³-hybridized carbons (Fsp3) is 0.333. The molecular weight excluding hydrogens is 178 g/mol. The highest BCUT2D eigenvalue weighted by molar-refractivity contribution is 5.41. The lowest BCUT2D eigenvalue weighted by Crippen LogP contribution is -1.98. The molecule has 0 fully saturated rings. The van der Waals surface area contributed by atoms with Gasteiger partial charge < -0.3 is 9.47 Å². The summed E-state index contributed by atoms with van der Waals surface area (Å²) in [4.78, 5) is 0. The molecule has 0 bridgehead atoms. The van der Waals surface area contributed by atoms with Gasteiger partial charge in [0.25, 0.3) is 0 Å². The first-order valence-corrected chi connectivity index (χ1v) is 3.68. The number of rotatable bonds is 2. The van der Waals surface area contributed by atoms with Gasteiger partial charge >= 0.3 is 0 Å². The lowest BCUT2D eigenvalue weighted by molar-refractivity contribution is 0.332. The van der Waals surface area contributed by atoms with E-state index in [1.165, 1.54) is 27.2 Å². The highest BCUT2D eigenvalue weighted by Gasteiger charge is 2.17. The molecule has 1 aromatic carbocycles. The van der Waals surface area contributed by atoms with Gasteiger partial charge in [-0.2, -0.15) is 4.39 Å². The van der Waals surface area contributed by atoms with E-state index >= 15 is 0 Å². The smallest absolute Gasteiger partial charge is 0.209 e. The molecular formula is C9H10F2O2. The summed E-state index contributed by atoms with van der Waals surface area (Å²) in [6, 6.07) is 1.28. The molecule has 0 aliphatic carbocycles. The molecule has 72 valence electrons. The van der Waals surface area contributed by atoms with Crippen molar-refractivity contribution in [3.8, 4) is 11.5 Å². The molecule has 4 heteroatoms. The third-order valence-electron chi connectivity index (χ3n) is 1.73. The van der Waals surface area contributed by atoms with Crippen LogP contribution in [0.25, 0.3) is 0 Å².